The molecule has 0 aliphatic rings. The van der Waals surface area contributed by atoms with E-state index in [4.69, 9.17) is 15.2 Å². The molecule has 0 bridgehead atoms. The van der Waals surface area contributed by atoms with Gasteiger partial charge in [0.1, 0.15) is 11.8 Å². The second-order valence-corrected chi connectivity index (χ2v) is 4.72. The Balaban J connectivity index is 2.39. The highest BCUT2D eigenvalue weighted by molar-refractivity contribution is 5.77. The Morgan fingerprint density at radius 1 is 1.14 bits per heavy atom. The summed E-state index contributed by atoms with van der Waals surface area (Å²) in [6.07, 6.45) is 0.397. The second-order valence-electron chi connectivity index (χ2n) is 4.72. The van der Waals surface area contributed by atoms with Crippen molar-refractivity contribution in [3.05, 3.63) is 54.1 Å². The molecule has 21 heavy (non-hydrogen) atoms. The van der Waals surface area contributed by atoms with Crippen LogP contribution in [0.4, 0.5) is 0 Å². The van der Waals surface area contributed by atoms with Crippen LogP contribution in [0, 0.1) is 0 Å². The van der Waals surface area contributed by atoms with E-state index in [9.17, 15) is 4.79 Å². The van der Waals surface area contributed by atoms with Gasteiger partial charge in [-0.15, -0.1) is 0 Å². The van der Waals surface area contributed by atoms with Gasteiger partial charge in [-0.25, -0.2) is 0 Å². The van der Waals surface area contributed by atoms with Crippen LogP contribution in [0.15, 0.2) is 48.5 Å². The molecule has 0 aliphatic carbocycles. The van der Waals surface area contributed by atoms with Crippen molar-refractivity contribution in [3.63, 3.8) is 0 Å². The normalized spacial score (nSPS) is 11.8. The number of esters is 1. The maximum atomic E-state index is 11.5. The van der Waals surface area contributed by atoms with Crippen molar-refractivity contribution in [1.29, 1.82) is 0 Å². The SMILES string of the molecule is COC(=O)[C@@H](N)Cc1cc(OC)ccc1-c1ccccc1. The van der Waals surface area contributed by atoms with Crippen molar-refractivity contribution in [2.75, 3.05) is 14.2 Å². The van der Waals surface area contributed by atoms with Crippen LogP contribution in [0.1, 0.15) is 5.56 Å². The molecule has 0 spiro atoms. The fraction of sp³-hybridized carbons (Fsp3) is 0.235. The van der Waals surface area contributed by atoms with Gasteiger partial charge in [0.2, 0.25) is 0 Å². The lowest BCUT2D eigenvalue weighted by Crippen LogP contribution is -2.33. The molecule has 4 heteroatoms. The quantitative estimate of drug-likeness (QED) is 0.857. The zero-order valence-electron chi connectivity index (χ0n) is 12.2. The van der Waals surface area contributed by atoms with Gasteiger partial charge in [0.05, 0.1) is 14.2 Å². The van der Waals surface area contributed by atoms with Gasteiger partial charge in [-0.05, 0) is 35.2 Å². The minimum atomic E-state index is -0.690. The summed E-state index contributed by atoms with van der Waals surface area (Å²) in [6, 6.07) is 15.1. The topological polar surface area (TPSA) is 61.5 Å². The van der Waals surface area contributed by atoms with Crippen LogP contribution in [0.3, 0.4) is 0 Å². The number of benzene rings is 2. The molecule has 0 radical (unpaired) electrons. The van der Waals surface area contributed by atoms with Crippen LogP contribution in [0.25, 0.3) is 11.1 Å². The molecule has 0 aromatic heterocycles. The molecule has 2 N–H and O–H groups in total. The van der Waals surface area contributed by atoms with E-state index in [2.05, 4.69) is 0 Å². The van der Waals surface area contributed by atoms with Crippen molar-refractivity contribution in [1.82, 2.24) is 0 Å². The highest BCUT2D eigenvalue weighted by Gasteiger charge is 2.17. The molecule has 2 aromatic rings. The number of carbonyl (C=O) groups excluding carboxylic acids is 1. The molecule has 0 saturated heterocycles. The van der Waals surface area contributed by atoms with Crippen molar-refractivity contribution in [2.24, 2.45) is 5.73 Å². The van der Waals surface area contributed by atoms with Crippen molar-refractivity contribution in [3.8, 4) is 16.9 Å². The number of hydrogen-bond donors (Lipinski definition) is 1. The minimum Gasteiger partial charge on any atom is -0.497 e. The Morgan fingerprint density at radius 3 is 2.48 bits per heavy atom. The van der Waals surface area contributed by atoms with Crippen LogP contribution < -0.4 is 10.5 Å². The van der Waals surface area contributed by atoms with Gasteiger partial charge < -0.3 is 15.2 Å². The second kappa shape index (κ2) is 6.90. The number of methoxy groups -OCH3 is 2. The third-order valence-corrected chi connectivity index (χ3v) is 3.34. The first-order chi connectivity index (χ1) is 10.2. The molecule has 0 amide bonds. The van der Waals surface area contributed by atoms with E-state index < -0.39 is 12.0 Å². The van der Waals surface area contributed by atoms with E-state index in [1.807, 2.05) is 48.5 Å². The van der Waals surface area contributed by atoms with E-state index in [1.54, 1.807) is 7.11 Å². The molecular formula is C17H19NO3. The Morgan fingerprint density at radius 2 is 1.86 bits per heavy atom. The van der Waals surface area contributed by atoms with Crippen molar-refractivity contribution in [2.45, 2.75) is 12.5 Å². The maximum Gasteiger partial charge on any atom is 0.322 e. The van der Waals surface area contributed by atoms with E-state index >= 15 is 0 Å². The summed E-state index contributed by atoms with van der Waals surface area (Å²) in [4.78, 5) is 11.5. The van der Waals surface area contributed by atoms with Crippen LogP contribution in [0.2, 0.25) is 0 Å². The number of rotatable bonds is 5. The molecule has 0 heterocycles. The van der Waals surface area contributed by atoms with Crippen LogP contribution in [-0.2, 0) is 16.0 Å². The summed E-state index contributed by atoms with van der Waals surface area (Å²) in [5.41, 5.74) is 8.95. The summed E-state index contributed by atoms with van der Waals surface area (Å²) in [7, 11) is 2.95. The molecule has 0 unspecified atom stereocenters. The number of nitrogens with two attached hydrogens (primary N) is 1. The molecule has 4 nitrogen and oxygen atoms in total. The van der Waals surface area contributed by atoms with Crippen molar-refractivity contribution >= 4 is 5.97 Å². The van der Waals surface area contributed by atoms with E-state index in [1.165, 1.54) is 7.11 Å². The lowest BCUT2D eigenvalue weighted by Gasteiger charge is -2.15. The largest absolute Gasteiger partial charge is 0.497 e. The first-order valence-electron chi connectivity index (χ1n) is 6.71. The number of ether oxygens (including phenoxy) is 2. The van der Waals surface area contributed by atoms with Gasteiger partial charge >= 0.3 is 5.97 Å². The summed E-state index contributed by atoms with van der Waals surface area (Å²) in [6.45, 7) is 0. The van der Waals surface area contributed by atoms with E-state index in [0.717, 1.165) is 22.4 Å². The average Bonchev–Trinajstić information content (AvgIpc) is 2.54. The summed E-state index contributed by atoms with van der Waals surface area (Å²) >= 11 is 0. The molecule has 1 atom stereocenters. The molecule has 0 saturated carbocycles. The van der Waals surface area contributed by atoms with Crippen molar-refractivity contribution < 1.29 is 14.3 Å². The fourth-order valence-corrected chi connectivity index (χ4v) is 2.24. The third-order valence-electron chi connectivity index (χ3n) is 3.34. The van der Waals surface area contributed by atoms with E-state index in [-0.39, 0.29) is 0 Å². The molecule has 2 rings (SSSR count). The van der Waals surface area contributed by atoms with Crippen LogP contribution in [-0.4, -0.2) is 26.2 Å². The zero-order valence-corrected chi connectivity index (χ0v) is 12.2. The number of carbonyl (C=O) groups is 1. The first-order valence-corrected chi connectivity index (χ1v) is 6.71. The Labute approximate surface area is 124 Å². The predicted molar refractivity (Wildman–Crippen MR) is 82.1 cm³/mol. The highest BCUT2D eigenvalue weighted by Crippen LogP contribution is 2.28. The molecule has 110 valence electrons. The zero-order chi connectivity index (χ0) is 15.2. The van der Waals surface area contributed by atoms with Gasteiger partial charge in [0, 0.05) is 0 Å². The Bertz CT molecular complexity index is 611. The van der Waals surface area contributed by atoms with Gasteiger partial charge in [-0.2, -0.15) is 0 Å². The molecule has 2 aromatic carbocycles. The predicted octanol–water partition coefficient (Wildman–Crippen LogP) is 2.41. The van der Waals surface area contributed by atoms with Crippen LogP contribution in [0.5, 0.6) is 5.75 Å². The summed E-state index contributed by atoms with van der Waals surface area (Å²) in [5.74, 6) is 0.318. The molecular weight excluding hydrogens is 266 g/mol. The Kier molecular flexibility index (Phi) is 4.95. The number of hydrogen-bond acceptors (Lipinski definition) is 4. The van der Waals surface area contributed by atoms with Crippen LogP contribution >= 0.6 is 0 Å². The Hall–Kier alpha value is -2.33. The summed E-state index contributed by atoms with van der Waals surface area (Å²) in [5, 5.41) is 0. The first kappa shape index (κ1) is 15.1. The third kappa shape index (κ3) is 3.61. The maximum absolute atomic E-state index is 11.5. The monoisotopic (exact) mass is 285 g/mol. The molecule has 0 fully saturated rings. The highest BCUT2D eigenvalue weighted by atomic mass is 16.5. The molecule has 0 aliphatic heterocycles. The average molecular weight is 285 g/mol. The van der Waals surface area contributed by atoms with Gasteiger partial charge in [0.25, 0.3) is 0 Å². The van der Waals surface area contributed by atoms with Gasteiger partial charge in [0.15, 0.2) is 0 Å². The fourth-order valence-electron chi connectivity index (χ4n) is 2.24. The van der Waals surface area contributed by atoms with Gasteiger partial charge in [-0.3, -0.25) is 4.79 Å². The van der Waals surface area contributed by atoms with E-state index in [0.29, 0.717) is 6.42 Å². The lowest BCUT2D eigenvalue weighted by atomic mass is 9.95. The van der Waals surface area contributed by atoms with Gasteiger partial charge in [-0.1, -0.05) is 36.4 Å². The lowest BCUT2D eigenvalue weighted by molar-refractivity contribution is -0.142. The summed E-state index contributed by atoms with van der Waals surface area (Å²) < 4.78 is 9.95. The standard InChI is InChI=1S/C17H19NO3/c1-20-14-8-9-15(12-6-4-3-5-7-12)13(10-14)11-16(18)17(19)21-2/h3-10,16H,11,18H2,1-2H3/t16-/m0/s1. The minimum absolute atomic E-state index is 0.397. The smallest absolute Gasteiger partial charge is 0.322 e.